The van der Waals surface area contributed by atoms with Crippen molar-refractivity contribution in [2.24, 2.45) is 0 Å². The highest BCUT2D eigenvalue weighted by molar-refractivity contribution is 5.77. The number of carbonyl (C=O) groups is 1. The minimum Gasteiger partial charge on any atom is -0.497 e. The lowest BCUT2D eigenvalue weighted by Gasteiger charge is -2.25. The second-order valence-corrected chi connectivity index (χ2v) is 7.54. The first-order valence-corrected chi connectivity index (χ1v) is 9.62. The predicted molar refractivity (Wildman–Crippen MR) is 113 cm³/mol. The fourth-order valence-corrected chi connectivity index (χ4v) is 3.07. The average Bonchev–Trinajstić information content (AvgIpc) is 2.66. The van der Waals surface area contributed by atoms with Crippen molar-refractivity contribution in [3.8, 4) is 11.5 Å². The maximum atomic E-state index is 12.4. The first-order valence-electron chi connectivity index (χ1n) is 9.62. The fraction of sp³-hybridized carbons (Fsp3) is 0.435. The van der Waals surface area contributed by atoms with E-state index in [0.29, 0.717) is 12.5 Å². The summed E-state index contributed by atoms with van der Waals surface area (Å²) < 4.78 is 11.0. The number of nitrogens with one attached hydrogen (secondary N) is 1. The van der Waals surface area contributed by atoms with Gasteiger partial charge in [-0.1, -0.05) is 38.1 Å². The zero-order valence-corrected chi connectivity index (χ0v) is 17.8. The summed E-state index contributed by atoms with van der Waals surface area (Å²) in [5.41, 5.74) is 3.35. The van der Waals surface area contributed by atoms with Crippen LogP contribution in [0.2, 0.25) is 0 Å². The van der Waals surface area contributed by atoms with Crippen molar-refractivity contribution in [2.45, 2.75) is 32.7 Å². The Kier molecular flexibility index (Phi) is 7.88. The molecular weight excluding hydrogens is 352 g/mol. The van der Waals surface area contributed by atoms with Gasteiger partial charge in [0.1, 0.15) is 11.5 Å². The van der Waals surface area contributed by atoms with Gasteiger partial charge in [-0.3, -0.25) is 4.79 Å². The third-order valence-electron chi connectivity index (χ3n) is 4.77. The van der Waals surface area contributed by atoms with Gasteiger partial charge >= 0.3 is 0 Å². The lowest BCUT2D eigenvalue weighted by molar-refractivity contribution is -0.123. The Morgan fingerprint density at radius 1 is 1.11 bits per heavy atom. The van der Waals surface area contributed by atoms with Crippen LogP contribution in [0.3, 0.4) is 0 Å². The van der Waals surface area contributed by atoms with Crippen LogP contribution in [0.1, 0.15) is 42.5 Å². The van der Waals surface area contributed by atoms with Gasteiger partial charge in [0, 0.05) is 6.54 Å². The number of hydrogen-bond donors (Lipinski definition) is 1. The quantitative estimate of drug-likeness (QED) is 0.712. The third kappa shape index (κ3) is 5.99. The average molecular weight is 385 g/mol. The minimum atomic E-state index is -0.128. The predicted octanol–water partition coefficient (Wildman–Crippen LogP) is 3.92. The van der Waals surface area contributed by atoms with E-state index in [4.69, 9.17) is 9.47 Å². The highest BCUT2D eigenvalue weighted by atomic mass is 16.5. The number of methoxy groups -OCH3 is 1. The molecule has 0 aromatic heterocycles. The molecule has 0 bridgehead atoms. The molecule has 1 N–H and O–H groups in total. The molecule has 1 atom stereocenters. The van der Waals surface area contributed by atoms with Crippen LogP contribution in [0.25, 0.3) is 0 Å². The number of likely N-dealkylation sites (N-methyl/N-ethyl adjacent to an activating group) is 1. The van der Waals surface area contributed by atoms with Gasteiger partial charge in [-0.25, -0.2) is 0 Å². The van der Waals surface area contributed by atoms with E-state index in [9.17, 15) is 4.79 Å². The number of hydrogen-bond acceptors (Lipinski definition) is 4. The van der Waals surface area contributed by atoms with Crippen molar-refractivity contribution >= 4 is 5.91 Å². The van der Waals surface area contributed by atoms with Crippen molar-refractivity contribution in [1.82, 2.24) is 10.2 Å². The highest BCUT2D eigenvalue weighted by Gasteiger charge is 2.16. The van der Waals surface area contributed by atoms with E-state index in [1.807, 2.05) is 51.4 Å². The largest absolute Gasteiger partial charge is 0.497 e. The zero-order valence-electron chi connectivity index (χ0n) is 17.8. The van der Waals surface area contributed by atoms with Crippen molar-refractivity contribution < 1.29 is 14.3 Å². The number of benzene rings is 2. The number of nitrogens with zero attached hydrogens (tertiary/aromatic N) is 1. The molecule has 5 nitrogen and oxygen atoms in total. The molecule has 0 aliphatic rings. The molecule has 1 unspecified atom stereocenters. The monoisotopic (exact) mass is 384 g/mol. The van der Waals surface area contributed by atoms with E-state index >= 15 is 0 Å². The molecule has 1 amide bonds. The molecule has 0 heterocycles. The fourth-order valence-electron chi connectivity index (χ4n) is 3.07. The summed E-state index contributed by atoms with van der Waals surface area (Å²) in [4.78, 5) is 14.5. The number of ether oxygens (including phenoxy) is 2. The third-order valence-corrected chi connectivity index (χ3v) is 4.77. The smallest absolute Gasteiger partial charge is 0.258 e. The van der Waals surface area contributed by atoms with Gasteiger partial charge in [-0.05, 0) is 61.8 Å². The standard InChI is InChI=1S/C23H32N2O3/c1-16(2)20-12-7-17(3)13-22(20)28-15-23(26)24-14-21(25(4)5)18-8-10-19(27-6)11-9-18/h7-13,16,21H,14-15H2,1-6H3,(H,24,26). The Bertz CT molecular complexity index is 770. The number of aryl methyl sites for hydroxylation is 1. The summed E-state index contributed by atoms with van der Waals surface area (Å²) in [7, 11) is 5.65. The van der Waals surface area contributed by atoms with Crippen LogP contribution < -0.4 is 14.8 Å². The molecule has 0 aliphatic carbocycles. The molecule has 2 aromatic carbocycles. The maximum absolute atomic E-state index is 12.4. The van der Waals surface area contributed by atoms with Gasteiger partial charge in [0.25, 0.3) is 5.91 Å². The van der Waals surface area contributed by atoms with Crippen LogP contribution in [-0.2, 0) is 4.79 Å². The van der Waals surface area contributed by atoms with Gasteiger partial charge in [-0.15, -0.1) is 0 Å². The van der Waals surface area contributed by atoms with Crippen LogP contribution >= 0.6 is 0 Å². The van der Waals surface area contributed by atoms with Crippen LogP contribution in [0.15, 0.2) is 42.5 Å². The van der Waals surface area contributed by atoms with Crippen molar-refractivity contribution in [3.05, 3.63) is 59.2 Å². The molecular formula is C23H32N2O3. The van der Waals surface area contributed by atoms with Crippen LogP contribution in [0.4, 0.5) is 0 Å². The van der Waals surface area contributed by atoms with E-state index in [2.05, 4.69) is 36.2 Å². The minimum absolute atomic E-state index is 0.00589. The highest BCUT2D eigenvalue weighted by Crippen LogP contribution is 2.27. The number of amides is 1. The summed E-state index contributed by atoms with van der Waals surface area (Å²) in [6, 6.07) is 14.1. The van der Waals surface area contributed by atoms with Crippen molar-refractivity contribution in [3.63, 3.8) is 0 Å². The van der Waals surface area contributed by atoms with Gasteiger partial charge in [-0.2, -0.15) is 0 Å². The van der Waals surface area contributed by atoms with E-state index < -0.39 is 0 Å². The lowest BCUT2D eigenvalue weighted by atomic mass is 10.0. The molecule has 28 heavy (non-hydrogen) atoms. The van der Waals surface area contributed by atoms with Crippen LogP contribution in [0.5, 0.6) is 11.5 Å². The second-order valence-electron chi connectivity index (χ2n) is 7.54. The summed E-state index contributed by atoms with van der Waals surface area (Å²) in [5.74, 6) is 1.81. The van der Waals surface area contributed by atoms with Crippen LogP contribution in [-0.4, -0.2) is 45.2 Å². The Morgan fingerprint density at radius 3 is 2.36 bits per heavy atom. The topological polar surface area (TPSA) is 50.8 Å². The zero-order chi connectivity index (χ0) is 20.7. The first kappa shape index (κ1) is 21.8. The molecule has 0 aliphatic heterocycles. The number of rotatable bonds is 9. The molecule has 5 heteroatoms. The van der Waals surface area contributed by atoms with E-state index in [1.165, 1.54) is 0 Å². The normalized spacial score (nSPS) is 12.1. The van der Waals surface area contributed by atoms with Crippen molar-refractivity contribution in [2.75, 3.05) is 34.4 Å². The van der Waals surface area contributed by atoms with Gasteiger partial charge < -0.3 is 19.7 Å². The Balaban J connectivity index is 1.95. The summed E-state index contributed by atoms with van der Waals surface area (Å²) >= 11 is 0. The van der Waals surface area contributed by atoms with Crippen molar-refractivity contribution in [1.29, 1.82) is 0 Å². The SMILES string of the molecule is COc1ccc(C(CNC(=O)COc2cc(C)ccc2C(C)C)N(C)C)cc1. The molecule has 0 saturated heterocycles. The lowest BCUT2D eigenvalue weighted by Crippen LogP contribution is -2.37. The Morgan fingerprint density at radius 2 is 1.79 bits per heavy atom. The molecule has 0 radical (unpaired) electrons. The molecule has 152 valence electrons. The van der Waals surface area contributed by atoms with E-state index in [0.717, 1.165) is 28.2 Å². The Hall–Kier alpha value is -2.53. The molecule has 2 rings (SSSR count). The molecule has 0 saturated carbocycles. The molecule has 2 aromatic rings. The second kappa shape index (κ2) is 10.1. The maximum Gasteiger partial charge on any atom is 0.258 e. The van der Waals surface area contributed by atoms with Gasteiger partial charge in [0.05, 0.1) is 13.2 Å². The number of carbonyl (C=O) groups excluding carboxylic acids is 1. The summed E-state index contributed by atoms with van der Waals surface area (Å²) in [6.07, 6.45) is 0. The molecule has 0 spiro atoms. The van der Waals surface area contributed by atoms with E-state index in [1.54, 1.807) is 7.11 Å². The molecule has 0 fully saturated rings. The first-order chi connectivity index (χ1) is 13.3. The van der Waals surface area contributed by atoms with Gasteiger partial charge in [0.15, 0.2) is 6.61 Å². The summed E-state index contributed by atoms with van der Waals surface area (Å²) in [6.45, 7) is 6.77. The summed E-state index contributed by atoms with van der Waals surface area (Å²) in [5, 5.41) is 2.99. The Labute approximate surface area is 168 Å². The van der Waals surface area contributed by atoms with E-state index in [-0.39, 0.29) is 18.6 Å². The van der Waals surface area contributed by atoms with Gasteiger partial charge in [0.2, 0.25) is 0 Å². The van der Waals surface area contributed by atoms with Crippen LogP contribution in [0, 0.1) is 6.92 Å².